The highest BCUT2D eigenvalue weighted by Crippen LogP contribution is 2.03. The van der Waals surface area contributed by atoms with Gasteiger partial charge in [-0.25, -0.2) is 0 Å². The number of hydrogen-bond donors (Lipinski definition) is 1. The van der Waals surface area contributed by atoms with E-state index in [0.717, 1.165) is 18.6 Å². The van der Waals surface area contributed by atoms with Gasteiger partial charge in [0, 0.05) is 6.42 Å². The van der Waals surface area contributed by atoms with Crippen molar-refractivity contribution < 1.29 is 9.84 Å². The first-order valence-electron chi connectivity index (χ1n) is 3.19. The number of ether oxygens (including phenoxy) is 1. The molecular weight excluding hydrogens is 116 g/mol. The van der Waals surface area contributed by atoms with Crippen molar-refractivity contribution in [3.63, 3.8) is 0 Å². The van der Waals surface area contributed by atoms with Crippen LogP contribution in [0.15, 0.2) is 11.8 Å². The van der Waals surface area contributed by atoms with Crippen LogP contribution in [-0.2, 0) is 4.74 Å². The van der Waals surface area contributed by atoms with Crippen molar-refractivity contribution in [3.8, 4) is 0 Å². The molecule has 0 saturated carbocycles. The third-order valence-electron chi connectivity index (χ3n) is 1.08. The molecule has 0 saturated heterocycles. The van der Waals surface area contributed by atoms with Crippen LogP contribution in [0.25, 0.3) is 0 Å². The summed E-state index contributed by atoms with van der Waals surface area (Å²) in [5.74, 6) is 0.875. The molecule has 0 amide bonds. The lowest BCUT2D eigenvalue weighted by Crippen LogP contribution is -1.87. The fourth-order valence-electron chi connectivity index (χ4n) is 0.636. The highest BCUT2D eigenvalue weighted by atomic mass is 16.5. The predicted molar refractivity (Wildman–Crippen MR) is 37.1 cm³/mol. The lowest BCUT2D eigenvalue weighted by molar-refractivity contribution is 0.264. The lowest BCUT2D eigenvalue weighted by Gasteiger charge is -2.01. The quantitative estimate of drug-likeness (QED) is 0.581. The first kappa shape index (κ1) is 8.50. The van der Waals surface area contributed by atoms with Crippen LogP contribution >= 0.6 is 0 Å². The van der Waals surface area contributed by atoms with Gasteiger partial charge in [-0.15, -0.1) is 0 Å². The molecule has 0 aliphatic heterocycles. The molecule has 0 spiro atoms. The predicted octanol–water partition coefficient (Wildman–Crippen LogP) is 1.31. The van der Waals surface area contributed by atoms with E-state index in [-0.39, 0.29) is 6.61 Å². The average molecular weight is 130 g/mol. The van der Waals surface area contributed by atoms with Gasteiger partial charge in [0.2, 0.25) is 0 Å². The molecule has 0 radical (unpaired) electrons. The summed E-state index contributed by atoms with van der Waals surface area (Å²) in [5, 5.41) is 8.44. The minimum absolute atomic E-state index is 0.0726. The Balaban J connectivity index is 3.53. The maximum absolute atomic E-state index is 8.44. The van der Waals surface area contributed by atoms with Crippen molar-refractivity contribution in [2.75, 3.05) is 13.7 Å². The van der Waals surface area contributed by atoms with Gasteiger partial charge in [0.05, 0.1) is 19.5 Å². The van der Waals surface area contributed by atoms with E-state index in [9.17, 15) is 0 Å². The Bertz CT molecular complexity index is 86.9. The molecule has 54 valence electrons. The van der Waals surface area contributed by atoms with Gasteiger partial charge in [-0.3, -0.25) is 0 Å². The fourth-order valence-corrected chi connectivity index (χ4v) is 0.636. The Labute approximate surface area is 56.1 Å². The maximum Gasteiger partial charge on any atom is 0.0938 e. The molecule has 0 unspecified atom stereocenters. The van der Waals surface area contributed by atoms with Crippen LogP contribution in [0.3, 0.4) is 0 Å². The van der Waals surface area contributed by atoms with E-state index in [1.54, 1.807) is 13.2 Å². The molecule has 0 aliphatic rings. The minimum atomic E-state index is 0.0726. The fraction of sp³-hybridized carbons (Fsp3) is 0.714. The highest BCUT2D eigenvalue weighted by Gasteiger charge is 1.90. The molecule has 0 atom stereocenters. The first-order chi connectivity index (χ1) is 4.35. The number of methoxy groups -OCH3 is 1. The van der Waals surface area contributed by atoms with Gasteiger partial charge in [-0.2, -0.15) is 0 Å². The average Bonchev–Trinajstić information content (AvgIpc) is 1.88. The molecule has 0 aromatic heterocycles. The molecule has 0 bridgehead atoms. The van der Waals surface area contributed by atoms with Crippen LogP contribution in [0.2, 0.25) is 0 Å². The third-order valence-corrected chi connectivity index (χ3v) is 1.08. The zero-order chi connectivity index (χ0) is 7.11. The minimum Gasteiger partial charge on any atom is -0.501 e. The Morgan fingerprint density at radius 1 is 1.67 bits per heavy atom. The largest absolute Gasteiger partial charge is 0.501 e. The van der Waals surface area contributed by atoms with E-state index in [1.807, 2.05) is 0 Å². The topological polar surface area (TPSA) is 29.5 Å². The van der Waals surface area contributed by atoms with E-state index in [0.29, 0.717) is 0 Å². The van der Waals surface area contributed by atoms with Gasteiger partial charge < -0.3 is 9.84 Å². The standard InChI is InChI=1S/C7H14O2/c1-3-4-7(9-2)5-6-8/h5,8H,3-4,6H2,1-2H3/b7-5-. The lowest BCUT2D eigenvalue weighted by atomic mass is 10.3. The summed E-state index contributed by atoms with van der Waals surface area (Å²) >= 11 is 0. The van der Waals surface area contributed by atoms with Gasteiger partial charge in [0.25, 0.3) is 0 Å². The molecule has 0 fully saturated rings. The third kappa shape index (κ3) is 4.03. The highest BCUT2D eigenvalue weighted by molar-refractivity contribution is 4.91. The molecule has 2 nitrogen and oxygen atoms in total. The van der Waals surface area contributed by atoms with Crippen LogP contribution in [-0.4, -0.2) is 18.8 Å². The second kappa shape index (κ2) is 5.63. The van der Waals surface area contributed by atoms with E-state index < -0.39 is 0 Å². The van der Waals surface area contributed by atoms with Gasteiger partial charge in [-0.05, 0) is 12.5 Å². The van der Waals surface area contributed by atoms with E-state index in [2.05, 4.69) is 6.92 Å². The van der Waals surface area contributed by atoms with Crippen LogP contribution in [0.1, 0.15) is 19.8 Å². The van der Waals surface area contributed by atoms with Crippen molar-refractivity contribution in [1.82, 2.24) is 0 Å². The van der Waals surface area contributed by atoms with Gasteiger partial charge in [-0.1, -0.05) is 6.92 Å². The molecule has 9 heavy (non-hydrogen) atoms. The van der Waals surface area contributed by atoms with Gasteiger partial charge in [0.15, 0.2) is 0 Å². The summed E-state index contributed by atoms with van der Waals surface area (Å²) in [5.41, 5.74) is 0. The zero-order valence-corrected chi connectivity index (χ0v) is 6.05. The van der Waals surface area contributed by atoms with Crippen LogP contribution in [0.4, 0.5) is 0 Å². The van der Waals surface area contributed by atoms with Crippen LogP contribution < -0.4 is 0 Å². The Kier molecular flexibility index (Phi) is 5.32. The van der Waals surface area contributed by atoms with Crippen molar-refractivity contribution in [3.05, 3.63) is 11.8 Å². The molecule has 0 aromatic carbocycles. The Morgan fingerprint density at radius 2 is 2.33 bits per heavy atom. The second-order valence-electron chi connectivity index (χ2n) is 1.81. The normalized spacial score (nSPS) is 11.7. The smallest absolute Gasteiger partial charge is 0.0938 e. The number of hydrogen-bond acceptors (Lipinski definition) is 2. The maximum atomic E-state index is 8.44. The van der Waals surface area contributed by atoms with Crippen LogP contribution in [0.5, 0.6) is 0 Å². The molecule has 1 N–H and O–H groups in total. The van der Waals surface area contributed by atoms with Crippen LogP contribution in [0, 0.1) is 0 Å². The Hall–Kier alpha value is -0.500. The number of aliphatic hydroxyl groups is 1. The monoisotopic (exact) mass is 130 g/mol. The summed E-state index contributed by atoms with van der Waals surface area (Å²) in [6.07, 6.45) is 3.65. The summed E-state index contributed by atoms with van der Waals surface area (Å²) in [7, 11) is 1.62. The molecule has 2 heteroatoms. The SMILES string of the molecule is CCC/C(=C/CO)OC. The van der Waals surface area contributed by atoms with Crippen molar-refractivity contribution in [2.24, 2.45) is 0 Å². The first-order valence-corrected chi connectivity index (χ1v) is 3.19. The second-order valence-corrected chi connectivity index (χ2v) is 1.81. The summed E-state index contributed by atoms with van der Waals surface area (Å²) < 4.78 is 4.93. The van der Waals surface area contributed by atoms with Crippen molar-refractivity contribution >= 4 is 0 Å². The molecule has 0 rings (SSSR count). The molecule has 0 heterocycles. The number of rotatable bonds is 4. The van der Waals surface area contributed by atoms with E-state index in [4.69, 9.17) is 9.84 Å². The van der Waals surface area contributed by atoms with Gasteiger partial charge in [0.1, 0.15) is 0 Å². The Morgan fingerprint density at radius 3 is 2.67 bits per heavy atom. The number of allylic oxidation sites excluding steroid dienone is 1. The number of aliphatic hydroxyl groups excluding tert-OH is 1. The van der Waals surface area contributed by atoms with Crippen molar-refractivity contribution in [2.45, 2.75) is 19.8 Å². The zero-order valence-electron chi connectivity index (χ0n) is 6.05. The van der Waals surface area contributed by atoms with E-state index >= 15 is 0 Å². The summed E-state index contributed by atoms with van der Waals surface area (Å²) in [6.45, 7) is 2.15. The molecular formula is C7H14O2. The molecule has 0 aromatic rings. The van der Waals surface area contributed by atoms with Crippen molar-refractivity contribution in [1.29, 1.82) is 0 Å². The summed E-state index contributed by atoms with van der Waals surface area (Å²) in [6, 6.07) is 0. The van der Waals surface area contributed by atoms with Gasteiger partial charge >= 0.3 is 0 Å². The molecule has 0 aliphatic carbocycles. The summed E-state index contributed by atoms with van der Waals surface area (Å²) in [4.78, 5) is 0. The van der Waals surface area contributed by atoms with E-state index in [1.165, 1.54) is 0 Å².